The lowest BCUT2D eigenvalue weighted by molar-refractivity contribution is 0.0950. The number of hydrogen-bond acceptors (Lipinski definition) is 5. The summed E-state index contributed by atoms with van der Waals surface area (Å²) in [6.07, 6.45) is 6.36. The highest BCUT2D eigenvalue weighted by Crippen LogP contribution is 2.27. The van der Waals surface area contributed by atoms with Gasteiger partial charge in [-0.05, 0) is 56.6 Å². The van der Waals surface area contributed by atoms with E-state index in [0.717, 1.165) is 36.5 Å². The molecule has 4 rings (SSSR count). The molecule has 0 aliphatic carbocycles. The van der Waals surface area contributed by atoms with E-state index < -0.39 is 0 Å². The van der Waals surface area contributed by atoms with Gasteiger partial charge in [0.15, 0.2) is 5.65 Å². The number of hydrogen-bond donors (Lipinski definition) is 1. The van der Waals surface area contributed by atoms with E-state index in [-0.39, 0.29) is 5.91 Å². The molecule has 1 N–H and O–H groups in total. The summed E-state index contributed by atoms with van der Waals surface area (Å²) in [5.41, 5.74) is 2.40. The van der Waals surface area contributed by atoms with Crippen LogP contribution < -0.4 is 5.32 Å². The van der Waals surface area contributed by atoms with Crippen molar-refractivity contribution in [1.29, 1.82) is 0 Å². The van der Waals surface area contributed by atoms with E-state index in [4.69, 9.17) is 0 Å². The Hall–Kier alpha value is -2.80. The highest BCUT2D eigenvalue weighted by atomic mass is 16.1. The van der Waals surface area contributed by atoms with Gasteiger partial charge in [-0.3, -0.25) is 14.2 Å². The van der Waals surface area contributed by atoms with E-state index in [1.165, 1.54) is 0 Å². The lowest BCUT2D eigenvalue weighted by atomic mass is 10.1. The second-order valence-electron chi connectivity index (χ2n) is 7.32. The Labute approximate surface area is 158 Å². The van der Waals surface area contributed by atoms with Gasteiger partial charge in [0, 0.05) is 43.6 Å². The standard InChI is InChI=1S/C20H24N6O/c1-14(2)25-10-7-16(12-25)19-24-23-18-4-3-17(13-26(18)19)20(27)22-11-15-5-8-21-9-6-15/h3-6,8-9,13-14,16H,7,10-12H2,1-2H3,(H,22,27)/t16-/m1/s1. The fraction of sp³-hybridized carbons (Fsp3) is 0.400. The third kappa shape index (κ3) is 3.68. The van der Waals surface area contributed by atoms with Crippen molar-refractivity contribution in [3.63, 3.8) is 0 Å². The fourth-order valence-corrected chi connectivity index (χ4v) is 3.57. The lowest BCUT2D eigenvalue weighted by Gasteiger charge is -2.19. The van der Waals surface area contributed by atoms with Crippen molar-refractivity contribution in [3.05, 3.63) is 59.8 Å². The van der Waals surface area contributed by atoms with Crippen LogP contribution in [-0.2, 0) is 6.54 Å². The molecule has 1 aliphatic heterocycles. The minimum Gasteiger partial charge on any atom is -0.348 e. The molecule has 0 radical (unpaired) electrons. The molecule has 0 bridgehead atoms. The predicted octanol–water partition coefficient (Wildman–Crippen LogP) is 2.25. The van der Waals surface area contributed by atoms with Crippen LogP contribution in [0.3, 0.4) is 0 Å². The molecule has 7 heteroatoms. The van der Waals surface area contributed by atoms with E-state index in [2.05, 4.69) is 39.2 Å². The van der Waals surface area contributed by atoms with Crippen molar-refractivity contribution >= 4 is 11.6 Å². The Balaban J connectivity index is 1.52. The first-order valence-corrected chi connectivity index (χ1v) is 9.37. The molecule has 3 aromatic rings. The fourth-order valence-electron chi connectivity index (χ4n) is 3.57. The maximum atomic E-state index is 12.6. The summed E-state index contributed by atoms with van der Waals surface area (Å²) in [6.45, 7) is 6.96. The number of aromatic nitrogens is 4. The molecule has 4 heterocycles. The van der Waals surface area contributed by atoms with Gasteiger partial charge in [0.1, 0.15) is 5.82 Å². The minimum atomic E-state index is -0.108. The summed E-state index contributed by atoms with van der Waals surface area (Å²) in [4.78, 5) is 19.0. The molecule has 1 amide bonds. The second-order valence-corrected chi connectivity index (χ2v) is 7.32. The van der Waals surface area contributed by atoms with Crippen molar-refractivity contribution in [2.45, 2.75) is 38.8 Å². The molecule has 3 aromatic heterocycles. The van der Waals surface area contributed by atoms with Crippen LogP contribution >= 0.6 is 0 Å². The summed E-state index contributed by atoms with van der Waals surface area (Å²) >= 11 is 0. The molecular weight excluding hydrogens is 340 g/mol. The van der Waals surface area contributed by atoms with Crippen LogP contribution in [-0.4, -0.2) is 49.5 Å². The van der Waals surface area contributed by atoms with E-state index in [9.17, 15) is 4.79 Å². The molecule has 1 atom stereocenters. The Bertz CT molecular complexity index is 936. The van der Waals surface area contributed by atoms with Gasteiger partial charge < -0.3 is 10.2 Å². The third-order valence-electron chi connectivity index (χ3n) is 5.21. The van der Waals surface area contributed by atoms with Crippen molar-refractivity contribution in [1.82, 2.24) is 29.8 Å². The average molecular weight is 364 g/mol. The van der Waals surface area contributed by atoms with Crippen molar-refractivity contribution < 1.29 is 4.79 Å². The van der Waals surface area contributed by atoms with E-state index >= 15 is 0 Å². The molecular formula is C20H24N6O. The highest BCUT2D eigenvalue weighted by Gasteiger charge is 2.29. The van der Waals surface area contributed by atoms with Gasteiger partial charge in [-0.15, -0.1) is 10.2 Å². The normalized spacial score (nSPS) is 17.7. The maximum absolute atomic E-state index is 12.6. The quantitative estimate of drug-likeness (QED) is 0.752. The zero-order chi connectivity index (χ0) is 18.8. The van der Waals surface area contributed by atoms with Crippen LogP contribution in [0.15, 0.2) is 42.9 Å². The van der Waals surface area contributed by atoms with Gasteiger partial charge in [0.05, 0.1) is 5.56 Å². The average Bonchev–Trinajstić information content (AvgIpc) is 3.33. The van der Waals surface area contributed by atoms with E-state index in [0.29, 0.717) is 24.1 Å². The molecule has 1 fully saturated rings. The number of carbonyl (C=O) groups excluding carboxylic acids is 1. The number of pyridine rings is 2. The third-order valence-corrected chi connectivity index (χ3v) is 5.21. The lowest BCUT2D eigenvalue weighted by Crippen LogP contribution is -2.28. The molecule has 0 unspecified atom stereocenters. The largest absolute Gasteiger partial charge is 0.348 e. The number of fused-ring (bicyclic) bond motifs is 1. The second kappa shape index (κ2) is 7.44. The van der Waals surface area contributed by atoms with Crippen LogP contribution in [0.4, 0.5) is 0 Å². The Morgan fingerprint density at radius 1 is 1.22 bits per heavy atom. The molecule has 1 saturated heterocycles. The van der Waals surface area contributed by atoms with Crippen LogP contribution in [0, 0.1) is 0 Å². The van der Waals surface area contributed by atoms with Crippen LogP contribution in [0.1, 0.15) is 47.9 Å². The van der Waals surface area contributed by atoms with Crippen LogP contribution in [0.5, 0.6) is 0 Å². The molecule has 140 valence electrons. The summed E-state index contributed by atoms with van der Waals surface area (Å²) < 4.78 is 1.97. The minimum absolute atomic E-state index is 0.108. The summed E-state index contributed by atoms with van der Waals surface area (Å²) in [7, 11) is 0. The predicted molar refractivity (Wildman–Crippen MR) is 102 cm³/mol. The summed E-state index contributed by atoms with van der Waals surface area (Å²) in [5.74, 6) is 1.18. The number of nitrogens with one attached hydrogen (secondary N) is 1. The van der Waals surface area contributed by atoms with Gasteiger partial charge in [-0.2, -0.15) is 0 Å². The smallest absolute Gasteiger partial charge is 0.253 e. The Morgan fingerprint density at radius 3 is 2.78 bits per heavy atom. The van der Waals surface area contributed by atoms with Crippen molar-refractivity contribution in [3.8, 4) is 0 Å². The molecule has 7 nitrogen and oxygen atoms in total. The van der Waals surface area contributed by atoms with Crippen LogP contribution in [0.25, 0.3) is 5.65 Å². The zero-order valence-electron chi connectivity index (χ0n) is 15.7. The molecule has 0 spiro atoms. The molecule has 1 aliphatic rings. The van der Waals surface area contributed by atoms with E-state index in [1.807, 2.05) is 28.8 Å². The van der Waals surface area contributed by atoms with Gasteiger partial charge in [-0.1, -0.05) is 0 Å². The zero-order valence-corrected chi connectivity index (χ0v) is 15.7. The number of rotatable bonds is 5. The highest BCUT2D eigenvalue weighted by molar-refractivity contribution is 5.94. The molecule has 0 aromatic carbocycles. The van der Waals surface area contributed by atoms with Crippen molar-refractivity contribution in [2.24, 2.45) is 0 Å². The van der Waals surface area contributed by atoms with Gasteiger partial charge >= 0.3 is 0 Å². The summed E-state index contributed by atoms with van der Waals surface area (Å²) in [5, 5.41) is 11.6. The number of likely N-dealkylation sites (tertiary alicyclic amines) is 1. The summed E-state index contributed by atoms with van der Waals surface area (Å²) in [6, 6.07) is 7.96. The van der Waals surface area contributed by atoms with Gasteiger partial charge in [-0.25, -0.2) is 0 Å². The first kappa shape index (κ1) is 17.6. The maximum Gasteiger partial charge on any atom is 0.253 e. The first-order chi connectivity index (χ1) is 13.1. The Morgan fingerprint density at radius 2 is 2.04 bits per heavy atom. The number of amides is 1. The first-order valence-electron chi connectivity index (χ1n) is 9.37. The Kier molecular flexibility index (Phi) is 4.85. The van der Waals surface area contributed by atoms with Gasteiger partial charge in [0.25, 0.3) is 5.91 Å². The number of carbonyl (C=O) groups is 1. The van der Waals surface area contributed by atoms with E-state index in [1.54, 1.807) is 18.5 Å². The SMILES string of the molecule is CC(C)N1CC[C@@H](c2nnc3ccc(C(=O)NCc4ccncc4)cn23)C1. The van der Waals surface area contributed by atoms with Crippen molar-refractivity contribution in [2.75, 3.05) is 13.1 Å². The van der Waals surface area contributed by atoms with Crippen LogP contribution in [0.2, 0.25) is 0 Å². The number of nitrogens with zero attached hydrogens (tertiary/aromatic N) is 5. The molecule has 0 saturated carbocycles. The topological polar surface area (TPSA) is 75.4 Å². The molecule has 27 heavy (non-hydrogen) atoms. The monoisotopic (exact) mass is 364 g/mol. The van der Waals surface area contributed by atoms with Gasteiger partial charge in [0.2, 0.25) is 0 Å².